The van der Waals surface area contributed by atoms with E-state index < -0.39 is 23.3 Å². The molecule has 0 aliphatic heterocycles. The Morgan fingerprint density at radius 3 is 2.73 bits per heavy atom. The van der Waals surface area contributed by atoms with Gasteiger partial charge >= 0.3 is 6.18 Å². The topological polar surface area (TPSA) is 68.1 Å². The number of benzene rings is 1. The van der Waals surface area contributed by atoms with Crippen molar-refractivity contribution in [3.8, 4) is 0 Å². The minimum absolute atomic E-state index is 0.0721. The third-order valence-corrected chi connectivity index (χ3v) is 4.52. The number of nitrogens with zero attached hydrogens (tertiary/aromatic N) is 4. The SMILES string of the molecule is CN(Cc1nc(C(F)(F)F)cs1)C(=O)Cn1c(=O)cnc2ccccc21. The smallest absolute Gasteiger partial charge is 0.337 e. The summed E-state index contributed by atoms with van der Waals surface area (Å²) in [4.78, 5) is 33.2. The standard InChI is InChI=1S/C16H13F3N4O2S/c1-22(7-13-21-12(9-26-13)16(17,18)19)15(25)8-23-11-5-3-2-4-10(11)20-6-14(23)24/h2-6,9H,7-8H2,1H3. The van der Waals surface area contributed by atoms with Crippen LogP contribution in [0.15, 0.2) is 40.6 Å². The Morgan fingerprint density at radius 2 is 2.04 bits per heavy atom. The monoisotopic (exact) mass is 382 g/mol. The third kappa shape index (κ3) is 3.74. The molecule has 0 fully saturated rings. The molecule has 0 unspecified atom stereocenters. The maximum atomic E-state index is 12.6. The number of halogens is 3. The molecule has 0 radical (unpaired) electrons. The molecule has 2 aromatic heterocycles. The molecule has 0 bridgehead atoms. The summed E-state index contributed by atoms with van der Waals surface area (Å²) in [6, 6.07) is 6.88. The Balaban J connectivity index is 1.77. The number of likely N-dealkylation sites (N-methyl/N-ethyl adjacent to an activating group) is 1. The van der Waals surface area contributed by atoms with Crippen molar-refractivity contribution in [3.63, 3.8) is 0 Å². The number of para-hydroxylation sites is 2. The van der Waals surface area contributed by atoms with Gasteiger partial charge in [-0.3, -0.25) is 14.2 Å². The number of amides is 1. The van der Waals surface area contributed by atoms with Gasteiger partial charge in [-0.05, 0) is 12.1 Å². The summed E-state index contributed by atoms with van der Waals surface area (Å²) in [6.45, 7) is -0.312. The van der Waals surface area contributed by atoms with E-state index in [1.54, 1.807) is 24.3 Å². The molecule has 0 saturated carbocycles. The molecule has 1 amide bonds. The van der Waals surface area contributed by atoms with Gasteiger partial charge < -0.3 is 4.90 Å². The average molecular weight is 382 g/mol. The number of carbonyl (C=O) groups excluding carboxylic acids is 1. The molecule has 136 valence electrons. The minimum Gasteiger partial charge on any atom is -0.337 e. The van der Waals surface area contributed by atoms with Crippen LogP contribution in [0.2, 0.25) is 0 Å². The van der Waals surface area contributed by atoms with Crippen molar-refractivity contribution in [2.24, 2.45) is 0 Å². The average Bonchev–Trinajstić information content (AvgIpc) is 3.06. The fraction of sp³-hybridized carbons (Fsp3) is 0.250. The van der Waals surface area contributed by atoms with Crippen LogP contribution in [0.1, 0.15) is 10.7 Å². The first-order valence-corrected chi connectivity index (χ1v) is 8.34. The number of aromatic nitrogens is 3. The van der Waals surface area contributed by atoms with Crippen molar-refractivity contribution in [3.05, 3.63) is 56.9 Å². The van der Waals surface area contributed by atoms with E-state index in [0.717, 1.165) is 22.9 Å². The second-order valence-electron chi connectivity index (χ2n) is 5.55. The molecule has 0 spiro atoms. The molecule has 26 heavy (non-hydrogen) atoms. The van der Waals surface area contributed by atoms with Crippen LogP contribution in [0.3, 0.4) is 0 Å². The first-order valence-electron chi connectivity index (χ1n) is 7.46. The molecule has 3 rings (SSSR count). The largest absolute Gasteiger partial charge is 0.434 e. The summed E-state index contributed by atoms with van der Waals surface area (Å²) in [6.07, 6.45) is -3.38. The van der Waals surface area contributed by atoms with Crippen LogP contribution < -0.4 is 5.56 Å². The van der Waals surface area contributed by atoms with Crippen molar-refractivity contribution in [1.82, 2.24) is 19.4 Å². The number of alkyl halides is 3. The summed E-state index contributed by atoms with van der Waals surface area (Å²) in [7, 11) is 1.45. The van der Waals surface area contributed by atoms with Gasteiger partial charge in [0.1, 0.15) is 11.6 Å². The van der Waals surface area contributed by atoms with Crippen molar-refractivity contribution >= 4 is 28.3 Å². The molecule has 0 aliphatic rings. The van der Waals surface area contributed by atoms with E-state index in [-0.39, 0.29) is 18.1 Å². The van der Waals surface area contributed by atoms with E-state index in [9.17, 15) is 22.8 Å². The van der Waals surface area contributed by atoms with Crippen molar-refractivity contribution in [1.29, 1.82) is 0 Å². The molecule has 2 heterocycles. The van der Waals surface area contributed by atoms with Crippen molar-refractivity contribution in [2.75, 3.05) is 7.05 Å². The number of thiazole rings is 1. The molecule has 3 aromatic rings. The number of fused-ring (bicyclic) bond motifs is 1. The molecule has 0 atom stereocenters. The summed E-state index contributed by atoms with van der Waals surface area (Å²) in [5, 5.41) is 1.08. The quantitative estimate of drug-likeness (QED) is 0.696. The van der Waals surface area contributed by atoms with Crippen molar-refractivity contribution < 1.29 is 18.0 Å². The van der Waals surface area contributed by atoms with E-state index >= 15 is 0 Å². The molecule has 1 aromatic carbocycles. The second kappa shape index (κ2) is 6.87. The summed E-state index contributed by atoms with van der Waals surface area (Å²) in [5.41, 5.74) is -0.332. The Morgan fingerprint density at radius 1 is 1.31 bits per heavy atom. The maximum absolute atomic E-state index is 12.6. The zero-order valence-corrected chi connectivity index (χ0v) is 14.3. The van der Waals surface area contributed by atoms with Crippen LogP contribution >= 0.6 is 11.3 Å². The Labute approximate surface area is 149 Å². The highest BCUT2D eigenvalue weighted by molar-refractivity contribution is 7.09. The first kappa shape index (κ1) is 18.1. The lowest BCUT2D eigenvalue weighted by molar-refractivity contribution is -0.140. The van der Waals surface area contributed by atoms with Gasteiger partial charge in [-0.2, -0.15) is 13.2 Å². The van der Waals surface area contributed by atoms with E-state index in [1.165, 1.54) is 16.5 Å². The van der Waals surface area contributed by atoms with Gasteiger partial charge in [-0.1, -0.05) is 12.1 Å². The van der Waals surface area contributed by atoms with Gasteiger partial charge in [0, 0.05) is 12.4 Å². The van der Waals surface area contributed by atoms with Gasteiger partial charge in [-0.25, -0.2) is 9.97 Å². The van der Waals surface area contributed by atoms with Crippen LogP contribution in [-0.4, -0.2) is 32.4 Å². The van der Waals surface area contributed by atoms with Gasteiger partial charge in [0.25, 0.3) is 5.56 Å². The molecular weight excluding hydrogens is 369 g/mol. The van der Waals surface area contributed by atoms with E-state index in [2.05, 4.69) is 9.97 Å². The minimum atomic E-state index is -4.51. The lowest BCUT2D eigenvalue weighted by Gasteiger charge is -2.17. The second-order valence-corrected chi connectivity index (χ2v) is 6.49. The number of rotatable bonds is 4. The van der Waals surface area contributed by atoms with E-state index in [0.29, 0.717) is 11.0 Å². The molecule has 10 heteroatoms. The number of hydrogen-bond donors (Lipinski definition) is 0. The molecule has 0 saturated heterocycles. The number of hydrogen-bond acceptors (Lipinski definition) is 5. The molecular formula is C16H13F3N4O2S. The summed E-state index contributed by atoms with van der Waals surface area (Å²) < 4.78 is 39.1. The van der Waals surface area contributed by atoms with Gasteiger partial charge in [0.2, 0.25) is 5.91 Å². The molecule has 0 aliphatic carbocycles. The van der Waals surface area contributed by atoms with Crippen LogP contribution in [0.25, 0.3) is 11.0 Å². The van der Waals surface area contributed by atoms with E-state index in [4.69, 9.17) is 0 Å². The Hall–Kier alpha value is -2.75. The fourth-order valence-corrected chi connectivity index (χ4v) is 3.19. The van der Waals surface area contributed by atoms with Gasteiger partial charge in [0.05, 0.1) is 23.8 Å². The van der Waals surface area contributed by atoms with Crippen LogP contribution in [-0.2, 0) is 24.1 Å². The molecule has 6 nitrogen and oxygen atoms in total. The van der Waals surface area contributed by atoms with Crippen LogP contribution in [0.5, 0.6) is 0 Å². The highest BCUT2D eigenvalue weighted by Gasteiger charge is 2.33. The number of carbonyl (C=O) groups is 1. The summed E-state index contributed by atoms with van der Waals surface area (Å²) in [5.74, 6) is -0.424. The normalized spacial score (nSPS) is 11.7. The third-order valence-electron chi connectivity index (χ3n) is 3.69. The summed E-state index contributed by atoms with van der Waals surface area (Å²) >= 11 is 0.831. The highest BCUT2D eigenvalue weighted by Crippen LogP contribution is 2.30. The zero-order valence-electron chi connectivity index (χ0n) is 13.5. The Bertz CT molecular complexity index is 1010. The fourth-order valence-electron chi connectivity index (χ4n) is 2.34. The Kier molecular flexibility index (Phi) is 4.77. The lowest BCUT2D eigenvalue weighted by atomic mass is 10.3. The predicted molar refractivity (Wildman–Crippen MR) is 89.6 cm³/mol. The lowest BCUT2D eigenvalue weighted by Crippen LogP contribution is -2.33. The van der Waals surface area contributed by atoms with Gasteiger partial charge in [-0.15, -0.1) is 11.3 Å². The zero-order chi connectivity index (χ0) is 18.9. The van der Waals surface area contributed by atoms with Crippen LogP contribution in [0.4, 0.5) is 13.2 Å². The highest BCUT2D eigenvalue weighted by atomic mass is 32.1. The predicted octanol–water partition coefficient (Wildman–Crippen LogP) is 2.53. The molecule has 0 N–H and O–H groups in total. The van der Waals surface area contributed by atoms with Crippen LogP contribution in [0, 0.1) is 0 Å². The maximum Gasteiger partial charge on any atom is 0.434 e. The first-order chi connectivity index (χ1) is 12.3. The van der Waals surface area contributed by atoms with E-state index in [1.807, 2.05) is 0 Å². The van der Waals surface area contributed by atoms with Gasteiger partial charge in [0.15, 0.2) is 5.69 Å². The van der Waals surface area contributed by atoms with Crippen molar-refractivity contribution in [2.45, 2.75) is 19.3 Å².